The van der Waals surface area contributed by atoms with Crippen molar-refractivity contribution in [3.63, 3.8) is 0 Å². The lowest BCUT2D eigenvalue weighted by Gasteiger charge is -1.96. The summed E-state index contributed by atoms with van der Waals surface area (Å²) >= 11 is 0. The van der Waals surface area contributed by atoms with Crippen molar-refractivity contribution in [1.29, 1.82) is 0 Å². The van der Waals surface area contributed by atoms with Crippen LogP contribution < -0.4 is 0 Å². The Morgan fingerprint density at radius 3 is 2.56 bits per heavy atom. The maximum absolute atomic E-state index is 9.80. The van der Waals surface area contributed by atoms with Crippen molar-refractivity contribution >= 4 is 21.9 Å². The first-order valence-electron chi connectivity index (χ1n) is 5.00. The van der Waals surface area contributed by atoms with Gasteiger partial charge in [0, 0.05) is 5.39 Å². The Hall–Kier alpha value is -2.16. The summed E-state index contributed by atoms with van der Waals surface area (Å²) in [6, 6.07) is 8.59. The zero-order valence-corrected chi connectivity index (χ0v) is 8.69. The summed E-state index contributed by atoms with van der Waals surface area (Å²) in [5.41, 5.74) is 2.08. The van der Waals surface area contributed by atoms with Gasteiger partial charge in [0.15, 0.2) is 11.3 Å². The maximum Gasteiger partial charge on any atom is 0.180 e. The van der Waals surface area contributed by atoms with Crippen molar-refractivity contribution in [1.82, 2.24) is 0 Å². The van der Waals surface area contributed by atoms with E-state index in [1.54, 1.807) is 0 Å². The number of hydrogen-bond acceptors (Lipinski definition) is 3. The van der Waals surface area contributed by atoms with Gasteiger partial charge >= 0.3 is 0 Å². The van der Waals surface area contributed by atoms with E-state index in [9.17, 15) is 10.2 Å². The molecule has 0 fully saturated rings. The molecule has 0 unspecified atom stereocenters. The molecule has 0 aliphatic heterocycles. The van der Waals surface area contributed by atoms with E-state index in [0.29, 0.717) is 16.6 Å². The zero-order valence-electron chi connectivity index (χ0n) is 8.69. The summed E-state index contributed by atoms with van der Waals surface area (Å²) in [6.07, 6.45) is 0. The molecule has 0 saturated heterocycles. The van der Waals surface area contributed by atoms with Crippen molar-refractivity contribution in [2.45, 2.75) is 6.92 Å². The Morgan fingerprint density at radius 1 is 1.00 bits per heavy atom. The molecule has 0 atom stereocenters. The Labute approximate surface area is 91.5 Å². The molecule has 0 radical (unpaired) electrons. The second kappa shape index (κ2) is 2.92. The molecule has 80 valence electrons. The van der Waals surface area contributed by atoms with Gasteiger partial charge in [-0.25, -0.2) is 0 Å². The molecule has 0 bridgehead atoms. The fourth-order valence-corrected chi connectivity index (χ4v) is 1.96. The van der Waals surface area contributed by atoms with Gasteiger partial charge in [0.05, 0.1) is 5.39 Å². The summed E-state index contributed by atoms with van der Waals surface area (Å²) in [5, 5.41) is 20.9. The third kappa shape index (κ3) is 1.08. The Balaban J connectivity index is 2.62. The monoisotopic (exact) mass is 214 g/mol. The van der Waals surface area contributed by atoms with E-state index in [2.05, 4.69) is 0 Å². The molecule has 1 heterocycles. The first kappa shape index (κ1) is 9.09. The van der Waals surface area contributed by atoms with Gasteiger partial charge in [-0.1, -0.05) is 11.6 Å². The summed E-state index contributed by atoms with van der Waals surface area (Å²) in [6.45, 7) is 1.97. The van der Waals surface area contributed by atoms with Gasteiger partial charge in [-0.2, -0.15) is 0 Å². The number of hydrogen-bond donors (Lipinski definition) is 2. The number of phenolic OH excluding ortho intramolecular Hbond substituents is 2. The highest BCUT2D eigenvalue weighted by Gasteiger charge is 2.13. The quantitative estimate of drug-likeness (QED) is 0.564. The van der Waals surface area contributed by atoms with Crippen molar-refractivity contribution in [2.75, 3.05) is 0 Å². The molecule has 3 nitrogen and oxygen atoms in total. The third-order valence-corrected chi connectivity index (χ3v) is 2.73. The van der Waals surface area contributed by atoms with Gasteiger partial charge in [0.2, 0.25) is 0 Å². The van der Waals surface area contributed by atoms with E-state index < -0.39 is 0 Å². The molecule has 1 aromatic heterocycles. The van der Waals surface area contributed by atoms with Crippen molar-refractivity contribution in [2.24, 2.45) is 0 Å². The fourth-order valence-electron chi connectivity index (χ4n) is 1.96. The molecular weight excluding hydrogens is 204 g/mol. The van der Waals surface area contributed by atoms with Crippen LogP contribution in [0.2, 0.25) is 0 Å². The van der Waals surface area contributed by atoms with Gasteiger partial charge in [0.25, 0.3) is 0 Å². The molecule has 0 amide bonds. The minimum atomic E-state index is 0.0432. The first-order chi connectivity index (χ1) is 7.66. The van der Waals surface area contributed by atoms with E-state index in [1.807, 2.05) is 25.1 Å². The topological polar surface area (TPSA) is 53.6 Å². The van der Waals surface area contributed by atoms with E-state index in [1.165, 1.54) is 12.1 Å². The lowest BCUT2D eigenvalue weighted by molar-refractivity contribution is 0.460. The van der Waals surface area contributed by atoms with Crippen LogP contribution in [0, 0.1) is 6.92 Å². The minimum Gasteiger partial charge on any atom is -0.507 e. The smallest absolute Gasteiger partial charge is 0.180 e. The van der Waals surface area contributed by atoms with Crippen LogP contribution in [0.4, 0.5) is 0 Å². The molecular formula is C13H10O3. The van der Waals surface area contributed by atoms with Gasteiger partial charge in [-0.15, -0.1) is 0 Å². The molecule has 3 heteroatoms. The highest BCUT2D eigenvalue weighted by atomic mass is 16.4. The molecule has 0 aliphatic carbocycles. The molecule has 0 saturated carbocycles. The van der Waals surface area contributed by atoms with E-state index in [-0.39, 0.29) is 11.5 Å². The number of rotatable bonds is 0. The first-order valence-corrected chi connectivity index (χ1v) is 5.00. The van der Waals surface area contributed by atoms with Crippen molar-refractivity contribution in [3.8, 4) is 11.5 Å². The van der Waals surface area contributed by atoms with Gasteiger partial charge in [-0.3, -0.25) is 0 Å². The van der Waals surface area contributed by atoms with Crippen LogP contribution in [0.25, 0.3) is 21.9 Å². The van der Waals surface area contributed by atoms with Crippen LogP contribution in [0.3, 0.4) is 0 Å². The summed E-state index contributed by atoms with van der Waals surface area (Å²) in [4.78, 5) is 0. The SMILES string of the molecule is Cc1ccc2oc3c(O)ccc(O)c3c2c1. The standard InChI is InChI=1S/C13H10O3/c1-7-2-5-11-8(6-7)12-9(14)3-4-10(15)13(12)16-11/h2-6,14-15H,1H3. The summed E-state index contributed by atoms with van der Waals surface area (Å²) in [5.74, 6) is 0.166. The number of aryl methyl sites for hydroxylation is 1. The van der Waals surface area contributed by atoms with Crippen LogP contribution >= 0.6 is 0 Å². The Bertz CT molecular complexity index is 695. The minimum absolute atomic E-state index is 0.0432. The average molecular weight is 214 g/mol. The Morgan fingerprint density at radius 2 is 1.75 bits per heavy atom. The van der Waals surface area contributed by atoms with E-state index in [4.69, 9.17) is 4.42 Å². The summed E-state index contributed by atoms with van der Waals surface area (Å²) in [7, 11) is 0. The van der Waals surface area contributed by atoms with Gasteiger partial charge < -0.3 is 14.6 Å². The molecule has 2 N–H and O–H groups in total. The predicted octanol–water partition coefficient (Wildman–Crippen LogP) is 3.31. The van der Waals surface area contributed by atoms with Crippen LogP contribution in [-0.2, 0) is 0 Å². The van der Waals surface area contributed by atoms with Crippen LogP contribution in [0.15, 0.2) is 34.7 Å². The van der Waals surface area contributed by atoms with Gasteiger partial charge in [0.1, 0.15) is 11.3 Å². The predicted molar refractivity (Wildman–Crippen MR) is 61.8 cm³/mol. The molecule has 3 aromatic rings. The molecule has 2 aromatic carbocycles. The fraction of sp³-hybridized carbons (Fsp3) is 0.0769. The van der Waals surface area contributed by atoms with E-state index >= 15 is 0 Å². The number of phenols is 2. The molecule has 0 aliphatic rings. The number of furan rings is 1. The van der Waals surface area contributed by atoms with Crippen molar-refractivity contribution < 1.29 is 14.6 Å². The van der Waals surface area contributed by atoms with E-state index in [0.717, 1.165) is 10.9 Å². The molecule has 3 rings (SSSR count). The maximum atomic E-state index is 9.80. The lowest BCUT2D eigenvalue weighted by Crippen LogP contribution is -1.72. The van der Waals surface area contributed by atoms with Crippen LogP contribution in [0.5, 0.6) is 11.5 Å². The normalized spacial score (nSPS) is 11.3. The summed E-state index contributed by atoms with van der Waals surface area (Å²) < 4.78 is 5.51. The highest BCUT2D eigenvalue weighted by Crippen LogP contribution is 2.39. The third-order valence-electron chi connectivity index (χ3n) is 2.73. The largest absolute Gasteiger partial charge is 0.507 e. The zero-order chi connectivity index (χ0) is 11.3. The number of aromatic hydroxyl groups is 2. The van der Waals surface area contributed by atoms with Gasteiger partial charge in [-0.05, 0) is 31.2 Å². The second-order valence-electron chi connectivity index (χ2n) is 3.91. The highest BCUT2D eigenvalue weighted by molar-refractivity contribution is 6.10. The van der Waals surface area contributed by atoms with Crippen molar-refractivity contribution in [3.05, 3.63) is 35.9 Å². The molecule has 0 spiro atoms. The second-order valence-corrected chi connectivity index (χ2v) is 3.91. The van der Waals surface area contributed by atoms with Crippen LogP contribution in [0.1, 0.15) is 5.56 Å². The number of fused-ring (bicyclic) bond motifs is 3. The number of benzene rings is 2. The lowest BCUT2D eigenvalue weighted by atomic mass is 10.1. The van der Waals surface area contributed by atoms with Crippen LogP contribution in [-0.4, -0.2) is 10.2 Å². The molecule has 16 heavy (non-hydrogen) atoms. The average Bonchev–Trinajstić information content (AvgIpc) is 2.63. The Kier molecular flexibility index (Phi) is 1.66.